The highest BCUT2D eigenvalue weighted by Gasteiger charge is 2.25. The Morgan fingerprint density at radius 1 is 1.50 bits per heavy atom. The average molecular weight is 217 g/mol. The Morgan fingerprint density at radius 3 is 2.86 bits per heavy atom. The van der Waals surface area contributed by atoms with E-state index in [2.05, 4.69) is 0 Å². The monoisotopic (exact) mass is 216 g/mol. The molecule has 1 aliphatic rings. The first-order chi connectivity index (χ1) is 6.61. The lowest BCUT2D eigenvalue weighted by Gasteiger charge is -2.04. The van der Waals surface area contributed by atoms with E-state index in [1.165, 1.54) is 6.07 Å². The van der Waals surface area contributed by atoms with Crippen molar-refractivity contribution in [2.45, 2.75) is 0 Å². The molecule has 2 N–H and O–H groups in total. The van der Waals surface area contributed by atoms with Crippen LogP contribution >= 0.6 is 11.6 Å². The van der Waals surface area contributed by atoms with Crippen LogP contribution in [0.25, 0.3) is 0 Å². The summed E-state index contributed by atoms with van der Waals surface area (Å²) in [5, 5.41) is 17.9. The van der Waals surface area contributed by atoms with Gasteiger partial charge in [-0.2, -0.15) is 0 Å². The lowest BCUT2D eigenvalue weighted by Crippen LogP contribution is -1.97. The Balaban J connectivity index is 2.67. The Hall–Kier alpha value is -1.62. The number of carboxylic acids is 1. The maximum absolute atomic E-state index is 10.7. The van der Waals surface area contributed by atoms with Crippen LogP contribution in [0, 0.1) is 0 Å². The van der Waals surface area contributed by atoms with Crippen LogP contribution in [-0.4, -0.2) is 23.0 Å². The zero-order valence-corrected chi connectivity index (χ0v) is 7.54. The maximum atomic E-state index is 10.7. The predicted octanol–water partition coefficient (Wildman–Crippen LogP) is 1.47. The SMILES string of the molecule is O=C(O)c1cc2c(c(Cl)c1O)OCO2. The summed E-state index contributed by atoms with van der Waals surface area (Å²) in [6, 6.07) is 1.17. The molecule has 6 heteroatoms. The zero-order chi connectivity index (χ0) is 10.3. The second-order valence-corrected chi connectivity index (χ2v) is 3.00. The van der Waals surface area contributed by atoms with Gasteiger partial charge in [0, 0.05) is 6.07 Å². The van der Waals surface area contributed by atoms with E-state index in [1.807, 2.05) is 0 Å². The van der Waals surface area contributed by atoms with Crippen LogP contribution in [0.1, 0.15) is 10.4 Å². The molecule has 0 atom stereocenters. The fraction of sp³-hybridized carbons (Fsp3) is 0.125. The highest BCUT2D eigenvalue weighted by molar-refractivity contribution is 6.34. The van der Waals surface area contributed by atoms with E-state index in [4.69, 9.17) is 26.2 Å². The molecular weight excluding hydrogens is 212 g/mol. The van der Waals surface area contributed by atoms with E-state index < -0.39 is 11.7 Å². The van der Waals surface area contributed by atoms with Crippen LogP contribution in [-0.2, 0) is 0 Å². The second-order valence-electron chi connectivity index (χ2n) is 2.63. The number of phenols is 1. The summed E-state index contributed by atoms with van der Waals surface area (Å²) in [7, 11) is 0. The molecule has 5 nitrogen and oxygen atoms in total. The van der Waals surface area contributed by atoms with Crippen LogP contribution in [0.3, 0.4) is 0 Å². The summed E-state index contributed by atoms with van der Waals surface area (Å²) in [6.07, 6.45) is 0. The van der Waals surface area contributed by atoms with Crippen molar-refractivity contribution in [2.75, 3.05) is 6.79 Å². The number of hydrogen-bond acceptors (Lipinski definition) is 4. The molecule has 0 aliphatic carbocycles. The molecule has 0 bridgehead atoms. The van der Waals surface area contributed by atoms with Crippen molar-refractivity contribution in [1.82, 2.24) is 0 Å². The van der Waals surface area contributed by atoms with Gasteiger partial charge in [-0.15, -0.1) is 0 Å². The molecule has 0 fully saturated rings. The van der Waals surface area contributed by atoms with Gasteiger partial charge in [0.2, 0.25) is 6.79 Å². The zero-order valence-electron chi connectivity index (χ0n) is 6.78. The second kappa shape index (κ2) is 2.95. The normalized spacial score (nSPS) is 12.9. The molecule has 0 saturated carbocycles. The van der Waals surface area contributed by atoms with Crippen LogP contribution in [0.15, 0.2) is 6.07 Å². The molecule has 1 heterocycles. The van der Waals surface area contributed by atoms with Crippen LogP contribution in [0.4, 0.5) is 0 Å². The van der Waals surface area contributed by atoms with Gasteiger partial charge in [-0.25, -0.2) is 4.79 Å². The van der Waals surface area contributed by atoms with Crippen molar-refractivity contribution >= 4 is 17.6 Å². The fourth-order valence-electron chi connectivity index (χ4n) is 1.16. The summed E-state index contributed by atoms with van der Waals surface area (Å²) in [4.78, 5) is 10.7. The van der Waals surface area contributed by atoms with Gasteiger partial charge in [-0.3, -0.25) is 0 Å². The van der Waals surface area contributed by atoms with Gasteiger partial charge < -0.3 is 19.7 Å². The maximum Gasteiger partial charge on any atom is 0.339 e. The molecule has 0 radical (unpaired) electrons. The Labute approximate surface area is 83.4 Å². The van der Waals surface area contributed by atoms with Gasteiger partial charge in [0.15, 0.2) is 17.2 Å². The largest absolute Gasteiger partial charge is 0.505 e. The fourth-order valence-corrected chi connectivity index (χ4v) is 1.41. The van der Waals surface area contributed by atoms with Gasteiger partial charge in [-0.1, -0.05) is 11.6 Å². The minimum atomic E-state index is -1.28. The van der Waals surface area contributed by atoms with Gasteiger partial charge in [0.25, 0.3) is 0 Å². The first-order valence-corrected chi connectivity index (χ1v) is 4.03. The molecule has 74 valence electrons. The Bertz CT molecular complexity index is 415. The van der Waals surface area contributed by atoms with E-state index in [0.29, 0.717) is 0 Å². The number of aromatic carboxylic acids is 1. The third-order valence-corrected chi connectivity index (χ3v) is 2.16. The molecule has 1 aliphatic heterocycles. The quantitative estimate of drug-likeness (QED) is 0.744. The number of carboxylic acid groups (broad SMARTS) is 1. The molecule has 0 amide bonds. The van der Waals surface area contributed by atoms with Crippen LogP contribution in [0.2, 0.25) is 5.02 Å². The summed E-state index contributed by atoms with van der Waals surface area (Å²) < 4.78 is 9.88. The number of aromatic hydroxyl groups is 1. The molecule has 0 spiro atoms. The van der Waals surface area contributed by atoms with Crippen LogP contribution in [0.5, 0.6) is 17.2 Å². The first-order valence-electron chi connectivity index (χ1n) is 3.65. The van der Waals surface area contributed by atoms with E-state index in [1.54, 1.807) is 0 Å². The van der Waals surface area contributed by atoms with Gasteiger partial charge >= 0.3 is 5.97 Å². The highest BCUT2D eigenvalue weighted by atomic mass is 35.5. The van der Waals surface area contributed by atoms with E-state index in [0.717, 1.165) is 0 Å². The number of fused-ring (bicyclic) bond motifs is 1. The molecule has 0 saturated heterocycles. The number of ether oxygens (including phenoxy) is 2. The number of carbonyl (C=O) groups is 1. The topological polar surface area (TPSA) is 76.0 Å². The average Bonchev–Trinajstić information content (AvgIpc) is 2.58. The van der Waals surface area contributed by atoms with Crippen molar-refractivity contribution < 1.29 is 24.5 Å². The number of benzene rings is 1. The Morgan fingerprint density at radius 2 is 2.21 bits per heavy atom. The summed E-state index contributed by atoms with van der Waals surface area (Å²) in [5.74, 6) is -1.38. The first kappa shape index (κ1) is 8.96. The van der Waals surface area contributed by atoms with Crippen molar-refractivity contribution in [2.24, 2.45) is 0 Å². The predicted molar refractivity (Wildman–Crippen MR) is 46.2 cm³/mol. The lowest BCUT2D eigenvalue weighted by molar-refractivity contribution is 0.0693. The minimum absolute atomic E-state index is 0.0302. The molecular formula is C8H5ClO5. The van der Waals surface area contributed by atoms with Crippen molar-refractivity contribution in [3.8, 4) is 17.2 Å². The van der Waals surface area contributed by atoms with E-state index in [-0.39, 0.29) is 28.9 Å². The Kier molecular flexibility index (Phi) is 1.89. The minimum Gasteiger partial charge on any atom is -0.505 e. The lowest BCUT2D eigenvalue weighted by atomic mass is 10.2. The van der Waals surface area contributed by atoms with Crippen LogP contribution < -0.4 is 9.47 Å². The summed E-state index contributed by atoms with van der Waals surface area (Å²) >= 11 is 5.67. The molecule has 2 rings (SSSR count). The van der Waals surface area contributed by atoms with Gasteiger partial charge in [0.05, 0.1) is 0 Å². The van der Waals surface area contributed by atoms with Gasteiger partial charge in [0.1, 0.15) is 10.6 Å². The third kappa shape index (κ3) is 1.13. The smallest absolute Gasteiger partial charge is 0.339 e. The van der Waals surface area contributed by atoms with E-state index >= 15 is 0 Å². The number of hydrogen-bond donors (Lipinski definition) is 2. The van der Waals surface area contributed by atoms with Crippen molar-refractivity contribution in [3.05, 3.63) is 16.7 Å². The highest BCUT2D eigenvalue weighted by Crippen LogP contribution is 2.45. The third-order valence-electron chi connectivity index (χ3n) is 1.81. The molecule has 14 heavy (non-hydrogen) atoms. The number of rotatable bonds is 1. The van der Waals surface area contributed by atoms with Crippen molar-refractivity contribution in [3.63, 3.8) is 0 Å². The summed E-state index contributed by atoms with van der Waals surface area (Å²) in [6.45, 7) is -0.0302. The molecule has 1 aromatic rings. The number of halogens is 1. The standard InChI is InChI=1S/C8H5ClO5/c9-5-6(10)3(8(11)12)1-4-7(5)14-2-13-4/h1,10H,2H2,(H,11,12). The van der Waals surface area contributed by atoms with Crippen molar-refractivity contribution in [1.29, 1.82) is 0 Å². The molecule has 0 unspecified atom stereocenters. The molecule has 1 aromatic carbocycles. The summed E-state index contributed by atoms with van der Waals surface area (Å²) in [5.41, 5.74) is -0.306. The van der Waals surface area contributed by atoms with Gasteiger partial charge in [-0.05, 0) is 0 Å². The molecule has 0 aromatic heterocycles. The van der Waals surface area contributed by atoms with E-state index in [9.17, 15) is 9.90 Å².